The van der Waals surface area contributed by atoms with Crippen LogP contribution in [0.2, 0.25) is 0 Å². The summed E-state index contributed by atoms with van der Waals surface area (Å²) >= 11 is 5.51. The zero-order chi connectivity index (χ0) is 15.2. The number of benzene rings is 1. The number of sulfone groups is 1. The third-order valence-electron chi connectivity index (χ3n) is 4.25. The Morgan fingerprint density at radius 2 is 2.00 bits per heavy atom. The van der Waals surface area contributed by atoms with Crippen molar-refractivity contribution in [2.24, 2.45) is 7.05 Å². The van der Waals surface area contributed by atoms with Crippen molar-refractivity contribution in [3.8, 4) is 0 Å². The molecular formula is C14H19N3O2S2. The minimum Gasteiger partial charge on any atom is -0.320 e. The van der Waals surface area contributed by atoms with Crippen LogP contribution in [0.25, 0.3) is 11.0 Å². The van der Waals surface area contributed by atoms with E-state index in [-0.39, 0.29) is 11.8 Å². The van der Waals surface area contributed by atoms with Gasteiger partial charge in [-0.1, -0.05) is 12.1 Å². The van der Waals surface area contributed by atoms with Crippen LogP contribution in [-0.2, 0) is 23.6 Å². The zero-order valence-electron chi connectivity index (χ0n) is 12.2. The molecule has 0 spiro atoms. The van der Waals surface area contributed by atoms with Crippen LogP contribution in [0.1, 0.15) is 6.42 Å². The van der Waals surface area contributed by atoms with Crippen LogP contribution in [-0.4, -0.2) is 47.0 Å². The minimum absolute atomic E-state index is 0.0795. The molecule has 7 heteroatoms. The first-order valence-electron chi connectivity index (χ1n) is 6.94. The molecule has 2 aromatic rings. The highest BCUT2D eigenvalue weighted by atomic mass is 32.2. The summed E-state index contributed by atoms with van der Waals surface area (Å²) in [4.78, 5) is 2.09. The molecule has 0 aliphatic carbocycles. The molecule has 1 aliphatic heterocycles. The average molecular weight is 325 g/mol. The number of hydrogen-bond donors (Lipinski definition) is 0. The smallest absolute Gasteiger partial charge is 0.181 e. The van der Waals surface area contributed by atoms with E-state index in [1.54, 1.807) is 0 Å². The molecule has 2 heterocycles. The molecule has 0 N–H and O–H groups in total. The quantitative estimate of drug-likeness (QED) is 0.807. The summed E-state index contributed by atoms with van der Waals surface area (Å²) in [5.74, 6) is 0.546. The molecule has 1 atom stereocenters. The Labute approximate surface area is 129 Å². The van der Waals surface area contributed by atoms with E-state index >= 15 is 0 Å². The van der Waals surface area contributed by atoms with Gasteiger partial charge in [-0.05, 0) is 37.8 Å². The second kappa shape index (κ2) is 5.23. The normalized spacial score (nSPS) is 21.4. The number of nitrogens with zero attached hydrogens (tertiary/aromatic N) is 3. The van der Waals surface area contributed by atoms with Crippen LogP contribution in [0, 0.1) is 4.77 Å². The molecule has 0 bridgehead atoms. The Bertz CT molecular complexity index is 836. The van der Waals surface area contributed by atoms with E-state index in [0.717, 1.165) is 15.8 Å². The van der Waals surface area contributed by atoms with Crippen molar-refractivity contribution < 1.29 is 8.42 Å². The summed E-state index contributed by atoms with van der Waals surface area (Å²) < 4.78 is 28.1. The van der Waals surface area contributed by atoms with E-state index in [4.69, 9.17) is 12.2 Å². The predicted molar refractivity (Wildman–Crippen MR) is 86.6 cm³/mol. The fourth-order valence-electron chi connectivity index (χ4n) is 2.96. The zero-order valence-corrected chi connectivity index (χ0v) is 13.8. The Morgan fingerprint density at radius 3 is 2.62 bits per heavy atom. The molecule has 21 heavy (non-hydrogen) atoms. The number of rotatable bonds is 3. The van der Waals surface area contributed by atoms with E-state index in [9.17, 15) is 8.42 Å². The highest BCUT2D eigenvalue weighted by Gasteiger charge is 2.30. The number of para-hydroxylation sites is 2. The maximum Gasteiger partial charge on any atom is 0.181 e. The maximum absolute atomic E-state index is 11.6. The monoisotopic (exact) mass is 325 g/mol. The van der Waals surface area contributed by atoms with Gasteiger partial charge in [-0.2, -0.15) is 0 Å². The van der Waals surface area contributed by atoms with Crippen molar-refractivity contribution in [3.63, 3.8) is 0 Å². The number of imidazole rings is 1. The van der Waals surface area contributed by atoms with E-state index in [0.29, 0.717) is 18.8 Å². The van der Waals surface area contributed by atoms with Gasteiger partial charge in [-0.15, -0.1) is 0 Å². The van der Waals surface area contributed by atoms with Crippen molar-refractivity contribution in [3.05, 3.63) is 29.0 Å². The molecule has 1 unspecified atom stereocenters. The van der Waals surface area contributed by atoms with Gasteiger partial charge in [-0.25, -0.2) is 8.42 Å². The fourth-order valence-corrected chi connectivity index (χ4v) is 5.02. The van der Waals surface area contributed by atoms with Crippen molar-refractivity contribution >= 4 is 33.1 Å². The standard InChI is InChI=1S/C14H19N3O2S2/c1-15(11-7-8-21(18,19)9-11)10-17-13-6-4-3-5-12(13)16(2)14(17)20/h3-6,11H,7-10H2,1-2H3. The van der Waals surface area contributed by atoms with Gasteiger partial charge in [-0.3, -0.25) is 4.90 Å². The van der Waals surface area contributed by atoms with E-state index in [1.165, 1.54) is 0 Å². The number of fused-ring (bicyclic) bond motifs is 1. The molecule has 1 aromatic carbocycles. The molecule has 0 amide bonds. The lowest BCUT2D eigenvalue weighted by Crippen LogP contribution is -2.34. The summed E-state index contributed by atoms with van der Waals surface area (Å²) in [5.41, 5.74) is 2.17. The summed E-state index contributed by atoms with van der Waals surface area (Å²) in [7, 11) is 1.06. The fraction of sp³-hybridized carbons (Fsp3) is 0.500. The van der Waals surface area contributed by atoms with Gasteiger partial charge < -0.3 is 9.13 Å². The number of hydrogen-bond acceptors (Lipinski definition) is 4. The molecule has 114 valence electrons. The topological polar surface area (TPSA) is 47.2 Å². The van der Waals surface area contributed by atoms with Crippen LogP contribution in [0.3, 0.4) is 0 Å². The van der Waals surface area contributed by atoms with Crippen LogP contribution in [0.15, 0.2) is 24.3 Å². The lowest BCUT2D eigenvalue weighted by molar-refractivity contribution is 0.210. The van der Waals surface area contributed by atoms with Crippen molar-refractivity contribution in [2.75, 3.05) is 18.6 Å². The molecule has 3 rings (SSSR count). The van der Waals surface area contributed by atoms with E-state index in [2.05, 4.69) is 9.47 Å². The molecule has 1 saturated heterocycles. The molecule has 1 aliphatic rings. The summed E-state index contributed by atoms with van der Waals surface area (Å²) in [6, 6.07) is 8.16. The van der Waals surface area contributed by atoms with Crippen LogP contribution in [0.5, 0.6) is 0 Å². The highest BCUT2D eigenvalue weighted by molar-refractivity contribution is 7.91. The molecule has 1 fully saturated rings. The second-order valence-corrected chi connectivity index (χ2v) is 8.31. The van der Waals surface area contributed by atoms with Gasteiger partial charge in [0.1, 0.15) is 0 Å². The van der Waals surface area contributed by atoms with Crippen LogP contribution < -0.4 is 0 Å². The Hall–Kier alpha value is -1.18. The number of aryl methyl sites for hydroxylation is 1. The molecule has 0 saturated carbocycles. The maximum atomic E-state index is 11.6. The predicted octanol–water partition coefficient (Wildman–Crippen LogP) is 1.79. The first kappa shape index (κ1) is 14.7. The lowest BCUT2D eigenvalue weighted by atomic mass is 10.2. The van der Waals surface area contributed by atoms with Gasteiger partial charge in [0.2, 0.25) is 0 Å². The minimum atomic E-state index is -2.86. The van der Waals surface area contributed by atoms with E-state index in [1.807, 2.05) is 42.9 Å². The molecule has 0 radical (unpaired) electrons. The Balaban J connectivity index is 1.92. The third-order valence-corrected chi connectivity index (χ3v) is 6.49. The van der Waals surface area contributed by atoms with Gasteiger partial charge in [0.05, 0.1) is 29.2 Å². The van der Waals surface area contributed by atoms with Crippen molar-refractivity contribution in [1.29, 1.82) is 0 Å². The van der Waals surface area contributed by atoms with Gasteiger partial charge in [0.15, 0.2) is 14.6 Å². The van der Waals surface area contributed by atoms with Gasteiger partial charge >= 0.3 is 0 Å². The molecular weight excluding hydrogens is 306 g/mol. The summed E-state index contributed by atoms with van der Waals surface area (Å²) in [6.45, 7) is 0.611. The SMILES string of the molecule is CN(Cn1c(=S)n(C)c2ccccc21)C1CCS(=O)(=O)C1. The van der Waals surface area contributed by atoms with Crippen molar-refractivity contribution in [1.82, 2.24) is 14.0 Å². The summed E-state index contributed by atoms with van der Waals surface area (Å²) in [5, 5.41) is 0. The largest absolute Gasteiger partial charge is 0.320 e. The Kier molecular flexibility index (Phi) is 3.67. The van der Waals surface area contributed by atoms with Gasteiger partial charge in [0.25, 0.3) is 0 Å². The lowest BCUT2D eigenvalue weighted by Gasteiger charge is -2.23. The van der Waals surface area contributed by atoms with Crippen LogP contribution >= 0.6 is 12.2 Å². The first-order chi connectivity index (χ1) is 9.89. The third kappa shape index (κ3) is 2.65. The van der Waals surface area contributed by atoms with E-state index < -0.39 is 9.84 Å². The molecule has 5 nitrogen and oxygen atoms in total. The molecule has 1 aromatic heterocycles. The number of aromatic nitrogens is 2. The Morgan fingerprint density at radius 1 is 1.33 bits per heavy atom. The van der Waals surface area contributed by atoms with Gasteiger partial charge in [0, 0.05) is 13.1 Å². The highest BCUT2D eigenvalue weighted by Crippen LogP contribution is 2.20. The van der Waals surface area contributed by atoms with Crippen LogP contribution in [0.4, 0.5) is 0 Å². The average Bonchev–Trinajstić information content (AvgIpc) is 2.93. The van der Waals surface area contributed by atoms with Crippen molar-refractivity contribution in [2.45, 2.75) is 19.1 Å². The second-order valence-electron chi connectivity index (χ2n) is 5.71. The summed E-state index contributed by atoms with van der Waals surface area (Å²) in [6.07, 6.45) is 0.705. The first-order valence-corrected chi connectivity index (χ1v) is 9.17.